The molecule has 0 unspecified atom stereocenters. The minimum Gasteiger partial charge on any atom is -0.493 e. The average Bonchev–Trinajstić information content (AvgIpc) is 2.83. The van der Waals surface area contributed by atoms with Crippen LogP contribution in [-0.2, 0) is 11.2 Å². The van der Waals surface area contributed by atoms with Crippen LogP contribution in [0.2, 0.25) is 0 Å². The predicted octanol–water partition coefficient (Wildman–Crippen LogP) is 4.33. The highest BCUT2D eigenvalue weighted by Gasteiger charge is 2.08. The Kier molecular flexibility index (Phi) is 8.83. The van der Waals surface area contributed by atoms with Gasteiger partial charge in [-0.2, -0.15) is 0 Å². The highest BCUT2D eigenvalue weighted by Crippen LogP contribution is 2.15. The number of anilines is 1. The second kappa shape index (κ2) is 12.3. The molecule has 0 aliphatic heterocycles. The molecule has 2 N–H and O–H groups in total. The lowest BCUT2D eigenvalue weighted by Crippen LogP contribution is -2.25. The third-order valence-electron chi connectivity index (χ3n) is 4.83. The van der Waals surface area contributed by atoms with Crippen molar-refractivity contribution in [2.75, 3.05) is 32.2 Å². The molecule has 32 heavy (non-hydrogen) atoms. The number of hydrogen-bond acceptors (Lipinski definition) is 4. The van der Waals surface area contributed by atoms with Gasteiger partial charge in [0.2, 0.25) is 0 Å². The molecule has 0 spiro atoms. The van der Waals surface area contributed by atoms with E-state index < -0.39 is 0 Å². The molecule has 0 fully saturated rings. The van der Waals surface area contributed by atoms with E-state index >= 15 is 0 Å². The van der Waals surface area contributed by atoms with Crippen molar-refractivity contribution in [1.29, 1.82) is 0 Å². The first-order chi connectivity index (χ1) is 15.7. The molecule has 3 aromatic carbocycles. The molecule has 0 radical (unpaired) electrons. The summed E-state index contributed by atoms with van der Waals surface area (Å²) in [6.07, 6.45) is 1.58. The zero-order valence-electron chi connectivity index (χ0n) is 18.2. The number of carbonyl (C=O) groups is 2. The second-order valence-electron chi connectivity index (χ2n) is 7.24. The third-order valence-corrected chi connectivity index (χ3v) is 4.83. The monoisotopic (exact) mass is 432 g/mol. The second-order valence-corrected chi connectivity index (χ2v) is 7.24. The van der Waals surface area contributed by atoms with Gasteiger partial charge in [0.05, 0.1) is 6.61 Å². The van der Waals surface area contributed by atoms with Crippen LogP contribution in [0.3, 0.4) is 0 Å². The lowest BCUT2D eigenvalue weighted by Gasteiger charge is -2.09. The van der Waals surface area contributed by atoms with Gasteiger partial charge in [-0.3, -0.25) is 9.59 Å². The molecule has 0 aromatic heterocycles. The molecule has 0 aliphatic carbocycles. The Labute approximate surface area is 188 Å². The Bertz CT molecular complexity index is 987. The molecule has 6 nitrogen and oxygen atoms in total. The molecule has 6 heteroatoms. The van der Waals surface area contributed by atoms with Crippen molar-refractivity contribution < 1.29 is 19.1 Å². The van der Waals surface area contributed by atoms with E-state index in [1.807, 2.05) is 18.2 Å². The van der Waals surface area contributed by atoms with E-state index in [0.717, 1.165) is 18.6 Å². The molecular weight excluding hydrogens is 404 g/mol. The van der Waals surface area contributed by atoms with Crippen LogP contribution in [0.15, 0.2) is 78.9 Å². The highest BCUT2D eigenvalue weighted by molar-refractivity contribution is 6.04. The number of amides is 2. The van der Waals surface area contributed by atoms with Gasteiger partial charge in [-0.25, -0.2) is 0 Å². The average molecular weight is 433 g/mol. The standard InChI is InChI=1S/C26H28N2O4/c1-31-18-5-17-27-25(29)21-8-12-23(13-9-21)28-26(30)22-10-14-24(15-11-22)32-19-16-20-6-3-2-4-7-20/h2-4,6-15H,5,16-19H2,1H3,(H,27,29)(H,28,30). The molecule has 3 rings (SSSR count). The van der Waals surface area contributed by atoms with Gasteiger partial charge in [0, 0.05) is 43.5 Å². The fourth-order valence-electron chi connectivity index (χ4n) is 3.06. The first kappa shape index (κ1) is 23.0. The first-order valence-corrected chi connectivity index (χ1v) is 10.6. The number of methoxy groups -OCH3 is 1. The highest BCUT2D eigenvalue weighted by atomic mass is 16.5. The van der Waals surface area contributed by atoms with Gasteiger partial charge in [0.1, 0.15) is 5.75 Å². The predicted molar refractivity (Wildman–Crippen MR) is 125 cm³/mol. The van der Waals surface area contributed by atoms with Crippen molar-refractivity contribution in [2.45, 2.75) is 12.8 Å². The van der Waals surface area contributed by atoms with Crippen LogP contribution in [0.25, 0.3) is 0 Å². The maximum Gasteiger partial charge on any atom is 0.255 e. The molecular formula is C26H28N2O4. The van der Waals surface area contributed by atoms with Crippen molar-refractivity contribution in [3.8, 4) is 5.75 Å². The SMILES string of the molecule is COCCCNC(=O)c1ccc(NC(=O)c2ccc(OCCc3ccccc3)cc2)cc1. The summed E-state index contributed by atoms with van der Waals surface area (Å²) in [7, 11) is 1.63. The summed E-state index contributed by atoms with van der Waals surface area (Å²) in [5.74, 6) is 0.345. The molecule has 0 aliphatic rings. The van der Waals surface area contributed by atoms with E-state index in [0.29, 0.717) is 36.6 Å². The topological polar surface area (TPSA) is 76.7 Å². The number of nitrogens with one attached hydrogen (secondary N) is 2. The normalized spacial score (nSPS) is 10.4. The summed E-state index contributed by atoms with van der Waals surface area (Å²) < 4.78 is 10.7. The summed E-state index contributed by atoms with van der Waals surface area (Å²) in [5, 5.41) is 5.67. The maximum atomic E-state index is 12.5. The molecule has 0 heterocycles. The minimum absolute atomic E-state index is 0.151. The zero-order chi connectivity index (χ0) is 22.6. The summed E-state index contributed by atoms with van der Waals surface area (Å²) in [5.41, 5.74) is 2.91. The molecule has 0 bridgehead atoms. The number of ether oxygens (including phenoxy) is 2. The van der Waals surface area contributed by atoms with Crippen molar-refractivity contribution in [3.05, 3.63) is 95.6 Å². The van der Waals surface area contributed by atoms with Gasteiger partial charge >= 0.3 is 0 Å². The zero-order valence-corrected chi connectivity index (χ0v) is 18.2. The maximum absolute atomic E-state index is 12.5. The van der Waals surface area contributed by atoms with Crippen LogP contribution in [0.1, 0.15) is 32.7 Å². The van der Waals surface area contributed by atoms with Gasteiger partial charge in [-0.1, -0.05) is 30.3 Å². The fraction of sp³-hybridized carbons (Fsp3) is 0.231. The number of carbonyl (C=O) groups excluding carboxylic acids is 2. The molecule has 3 aromatic rings. The molecule has 2 amide bonds. The molecule has 0 saturated heterocycles. The summed E-state index contributed by atoms with van der Waals surface area (Å²) in [6.45, 7) is 1.73. The van der Waals surface area contributed by atoms with Gasteiger partial charge in [-0.05, 0) is 60.5 Å². The van der Waals surface area contributed by atoms with E-state index in [-0.39, 0.29) is 11.8 Å². The Balaban J connectivity index is 1.46. The Morgan fingerprint density at radius 1 is 0.781 bits per heavy atom. The van der Waals surface area contributed by atoms with E-state index in [2.05, 4.69) is 22.8 Å². The molecule has 0 atom stereocenters. The number of hydrogen-bond donors (Lipinski definition) is 2. The summed E-state index contributed by atoms with van der Waals surface area (Å²) >= 11 is 0. The smallest absolute Gasteiger partial charge is 0.255 e. The number of rotatable bonds is 11. The fourth-order valence-corrected chi connectivity index (χ4v) is 3.06. The van der Waals surface area contributed by atoms with Gasteiger partial charge in [-0.15, -0.1) is 0 Å². The number of benzene rings is 3. The molecule has 166 valence electrons. The lowest BCUT2D eigenvalue weighted by atomic mass is 10.1. The van der Waals surface area contributed by atoms with Crippen LogP contribution >= 0.6 is 0 Å². The van der Waals surface area contributed by atoms with Crippen LogP contribution in [-0.4, -0.2) is 38.7 Å². The van der Waals surface area contributed by atoms with Gasteiger partial charge < -0.3 is 20.1 Å². The Morgan fingerprint density at radius 2 is 1.44 bits per heavy atom. The van der Waals surface area contributed by atoms with Crippen LogP contribution < -0.4 is 15.4 Å². The Hall–Kier alpha value is -3.64. The largest absolute Gasteiger partial charge is 0.493 e. The van der Waals surface area contributed by atoms with Crippen LogP contribution in [0.4, 0.5) is 5.69 Å². The summed E-state index contributed by atoms with van der Waals surface area (Å²) in [6, 6.07) is 24.0. The third kappa shape index (κ3) is 7.25. The lowest BCUT2D eigenvalue weighted by molar-refractivity contribution is 0.0948. The van der Waals surface area contributed by atoms with Crippen LogP contribution in [0, 0.1) is 0 Å². The van der Waals surface area contributed by atoms with Crippen LogP contribution in [0.5, 0.6) is 5.75 Å². The van der Waals surface area contributed by atoms with E-state index in [1.54, 1.807) is 55.6 Å². The van der Waals surface area contributed by atoms with Crippen molar-refractivity contribution in [1.82, 2.24) is 5.32 Å². The van der Waals surface area contributed by atoms with Gasteiger partial charge in [0.15, 0.2) is 0 Å². The first-order valence-electron chi connectivity index (χ1n) is 10.6. The van der Waals surface area contributed by atoms with Crippen molar-refractivity contribution in [3.63, 3.8) is 0 Å². The van der Waals surface area contributed by atoms with Gasteiger partial charge in [0.25, 0.3) is 11.8 Å². The minimum atomic E-state index is -0.224. The summed E-state index contributed by atoms with van der Waals surface area (Å²) in [4.78, 5) is 24.6. The van der Waals surface area contributed by atoms with Crippen molar-refractivity contribution in [2.24, 2.45) is 0 Å². The van der Waals surface area contributed by atoms with E-state index in [4.69, 9.17) is 9.47 Å². The van der Waals surface area contributed by atoms with E-state index in [9.17, 15) is 9.59 Å². The Morgan fingerprint density at radius 3 is 2.12 bits per heavy atom. The van der Waals surface area contributed by atoms with E-state index in [1.165, 1.54) is 5.56 Å². The van der Waals surface area contributed by atoms with Crippen molar-refractivity contribution >= 4 is 17.5 Å². The quantitative estimate of drug-likeness (QED) is 0.442. The molecule has 0 saturated carbocycles.